The monoisotopic (exact) mass is 354 g/mol. The van der Waals surface area contributed by atoms with Gasteiger partial charge in [0.1, 0.15) is 11.5 Å². The largest absolute Gasteiger partial charge is 0.490 e. The number of nitrogens with one attached hydrogen (secondary N) is 1. The van der Waals surface area contributed by atoms with Crippen molar-refractivity contribution in [2.24, 2.45) is 0 Å². The van der Waals surface area contributed by atoms with Gasteiger partial charge in [0.25, 0.3) is 0 Å². The van der Waals surface area contributed by atoms with E-state index in [0.29, 0.717) is 5.56 Å². The zero-order chi connectivity index (χ0) is 15.4. The van der Waals surface area contributed by atoms with Crippen LogP contribution in [0, 0.1) is 15.9 Å². The van der Waals surface area contributed by atoms with Gasteiger partial charge in [0.15, 0.2) is 5.75 Å². The fourth-order valence-electron chi connectivity index (χ4n) is 1.89. The first-order valence-corrected chi connectivity index (χ1v) is 6.81. The van der Waals surface area contributed by atoms with Crippen LogP contribution in [-0.2, 0) is 6.54 Å². The first-order valence-electron chi connectivity index (χ1n) is 6.02. The van der Waals surface area contributed by atoms with Crippen molar-refractivity contribution in [2.45, 2.75) is 6.54 Å². The van der Waals surface area contributed by atoms with E-state index in [-0.39, 0.29) is 29.5 Å². The molecule has 0 unspecified atom stereocenters. The number of nitrogens with zero attached hydrogens (tertiary/aromatic N) is 1. The van der Waals surface area contributed by atoms with Gasteiger partial charge >= 0.3 is 5.69 Å². The van der Waals surface area contributed by atoms with Crippen molar-refractivity contribution in [3.63, 3.8) is 0 Å². The first kappa shape index (κ1) is 15.2. The van der Waals surface area contributed by atoms with Crippen LogP contribution in [0.1, 0.15) is 5.56 Å². The van der Waals surface area contributed by atoms with E-state index in [2.05, 4.69) is 21.2 Å². The minimum absolute atomic E-state index is 0.124. The Hall–Kier alpha value is -2.15. The molecule has 0 saturated heterocycles. The van der Waals surface area contributed by atoms with Crippen molar-refractivity contribution in [3.05, 3.63) is 62.4 Å². The maximum Gasteiger partial charge on any atom is 0.333 e. The molecule has 21 heavy (non-hydrogen) atoms. The number of halogens is 2. The minimum Gasteiger partial charge on any atom is -0.490 e. The Morgan fingerprint density at radius 2 is 2.14 bits per heavy atom. The van der Waals surface area contributed by atoms with E-state index in [0.717, 1.165) is 4.47 Å². The van der Waals surface area contributed by atoms with Crippen LogP contribution in [0.15, 0.2) is 40.9 Å². The highest BCUT2D eigenvalue weighted by Crippen LogP contribution is 2.34. The lowest BCUT2D eigenvalue weighted by Crippen LogP contribution is -2.05. The van der Waals surface area contributed by atoms with Gasteiger partial charge in [-0.1, -0.05) is 22.0 Å². The Kier molecular flexibility index (Phi) is 4.74. The summed E-state index contributed by atoms with van der Waals surface area (Å²) in [7, 11) is 1.36. The molecule has 0 saturated carbocycles. The number of rotatable bonds is 5. The molecule has 0 atom stereocenters. The summed E-state index contributed by atoms with van der Waals surface area (Å²) in [4.78, 5) is 10.6. The summed E-state index contributed by atoms with van der Waals surface area (Å²) in [6.45, 7) is 0.124. The second kappa shape index (κ2) is 6.53. The Bertz CT molecular complexity index is 679. The van der Waals surface area contributed by atoms with Crippen LogP contribution in [0.4, 0.5) is 15.8 Å². The molecule has 7 heteroatoms. The molecule has 0 bridgehead atoms. The van der Waals surface area contributed by atoms with Crippen LogP contribution in [0.25, 0.3) is 0 Å². The van der Waals surface area contributed by atoms with E-state index in [1.165, 1.54) is 19.2 Å². The molecule has 5 nitrogen and oxygen atoms in total. The second-order valence-corrected chi connectivity index (χ2v) is 5.12. The molecule has 2 rings (SSSR count). The number of anilines is 1. The SMILES string of the molecule is COc1cccc(NCc2cc(Br)ccc2F)c1[N+](=O)[O-]. The molecule has 0 heterocycles. The van der Waals surface area contributed by atoms with E-state index in [4.69, 9.17) is 4.74 Å². The highest BCUT2D eigenvalue weighted by molar-refractivity contribution is 9.10. The smallest absolute Gasteiger partial charge is 0.333 e. The van der Waals surface area contributed by atoms with Gasteiger partial charge in [-0.3, -0.25) is 10.1 Å². The molecule has 2 aromatic carbocycles. The minimum atomic E-state index is -0.529. The number of ether oxygens (including phenoxy) is 1. The standard InChI is InChI=1S/C14H12BrFN2O3/c1-21-13-4-2-3-12(14(13)18(19)20)17-8-9-7-10(15)5-6-11(9)16/h2-7,17H,8H2,1H3. The van der Waals surface area contributed by atoms with Crippen molar-refractivity contribution in [2.75, 3.05) is 12.4 Å². The lowest BCUT2D eigenvalue weighted by molar-refractivity contribution is -0.384. The number of hydrogen-bond donors (Lipinski definition) is 1. The molecule has 0 aliphatic heterocycles. The zero-order valence-electron chi connectivity index (χ0n) is 11.1. The molecule has 2 aromatic rings. The van der Waals surface area contributed by atoms with Crippen LogP contribution in [0.3, 0.4) is 0 Å². The second-order valence-electron chi connectivity index (χ2n) is 4.20. The highest BCUT2D eigenvalue weighted by atomic mass is 79.9. The average molecular weight is 355 g/mol. The van der Waals surface area contributed by atoms with Crippen LogP contribution in [0.2, 0.25) is 0 Å². The summed E-state index contributed by atoms with van der Waals surface area (Å²) in [5, 5.41) is 14.0. The van der Waals surface area contributed by atoms with Crippen LogP contribution >= 0.6 is 15.9 Å². The predicted molar refractivity (Wildman–Crippen MR) is 81.1 cm³/mol. The fraction of sp³-hybridized carbons (Fsp3) is 0.143. The summed E-state index contributed by atoms with van der Waals surface area (Å²) >= 11 is 3.26. The van der Waals surface area contributed by atoms with Gasteiger partial charge in [-0.25, -0.2) is 4.39 Å². The highest BCUT2D eigenvalue weighted by Gasteiger charge is 2.20. The summed E-state index contributed by atoms with van der Waals surface area (Å²) in [5.41, 5.74) is 0.510. The average Bonchev–Trinajstić information content (AvgIpc) is 2.47. The molecule has 0 spiro atoms. The van der Waals surface area contributed by atoms with Gasteiger partial charge in [-0.05, 0) is 30.3 Å². The first-order chi connectivity index (χ1) is 10.0. The van der Waals surface area contributed by atoms with Gasteiger partial charge in [0, 0.05) is 16.6 Å². The molecule has 0 aliphatic rings. The van der Waals surface area contributed by atoms with Crippen molar-refractivity contribution < 1.29 is 14.1 Å². The maximum atomic E-state index is 13.7. The molecule has 0 aromatic heterocycles. The van der Waals surface area contributed by atoms with E-state index < -0.39 is 4.92 Å². The van der Waals surface area contributed by atoms with Gasteiger partial charge in [-0.2, -0.15) is 0 Å². The topological polar surface area (TPSA) is 64.4 Å². The lowest BCUT2D eigenvalue weighted by Gasteiger charge is -2.10. The third-order valence-electron chi connectivity index (χ3n) is 2.88. The Morgan fingerprint density at radius 1 is 1.38 bits per heavy atom. The van der Waals surface area contributed by atoms with E-state index >= 15 is 0 Å². The molecule has 0 amide bonds. The molecule has 0 radical (unpaired) electrons. The number of para-hydroxylation sites is 1. The quantitative estimate of drug-likeness (QED) is 0.647. The summed E-state index contributed by atoms with van der Waals surface area (Å²) in [6.07, 6.45) is 0. The van der Waals surface area contributed by atoms with E-state index in [1.54, 1.807) is 24.3 Å². The van der Waals surface area contributed by atoms with Crippen molar-refractivity contribution in [1.29, 1.82) is 0 Å². The van der Waals surface area contributed by atoms with Gasteiger partial charge < -0.3 is 10.1 Å². The number of methoxy groups -OCH3 is 1. The number of nitro benzene ring substituents is 1. The summed E-state index contributed by atoms with van der Waals surface area (Å²) in [5.74, 6) is -0.226. The van der Waals surface area contributed by atoms with E-state index in [9.17, 15) is 14.5 Å². The molecular formula is C14H12BrFN2O3. The molecule has 110 valence electrons. The van der Waals surface area contributed by atoms with Crippen molar-refractivity contribution >= 4 is 27.3 Å². The normalized spacial score (nSPS) is 10.2. The van der Waals surface area contributed by atoms with Gasteiger partial charge in [0.05, 0.1) is 12.0 Å². The summed E-state index contributed by atoms with van der Waals surface area (Å²) in [6, 6.07) is 9.23. The number of hydrogen-bond acceptors (Lipinski definition) is 4. The summed E-state index contributed by atoms with van der Waals surface area (Å²) < 4.78 is 19.4. The predicted octanol–water partition coefficient (Wildman–Crippen LogP) is 4.12. The lowest BCUT2D eigenvalue weighted by atomic mass is 10.2. The number of benzene rings is 2. The Labute approximate surface area is 129 Å². The Balaban J connectivity index is 2.28. The molecule has 0 aliphatic carbocycles. The Morgan fingerprint density at radius 3 is 2.81 bits per heavy atom. The third kappa shape index (κ3) is 3.49. The van der Waals surface area contributed by atoms with Crippen LogP contribution in [-0.4, -0.2) is 12.0 Å². The van der Waals surface area contributed by atoms with Gasteiger partial charge in [-0.15, -0.1) is 0 Å². The van der Waals surface area contributed by atoms with Crippen molar-refractivity contribution in [1.82, 2.24) is 0 Å². The van der Waals surface area contributed by atoms with E-state index in [1.807, 2.05) is 0 Å². The number of nitro groups is 1. The van der Waals surface area contributed by atoms with Crippen LogP contribution < -0.4 is 10.1 Å². The molecule has 0 fully saturated rings. The molecule has 1 N–H and O–H groups in total. The van der Waals surface area contributed by atoms with Crippen molar-refractivity contribution in [3.8, 4) is 5.75 Å². The van der Waals surface area contributed by atoms with Gasteiger partial charge in [0.2, 0.25) is 0 Å². The molecular weight excluding hydrogens is 343 g/mol. The zero-order valence-corrected chi connectivity index (χ0v) is 12.7. The third-order valence-corrected chi connectivity index (χ3v) is 3.37. The fourth-order valence-corrected chi connectivity index (χ4v) is 2.30. The maximum absolute atomic E-state index is 13.7. The van der Waals surface area contributed by atoms with Crippen LogP contribution in [0.5, 0.6) is 5.75 Å².